The fraction of sp³-hybridized carbons (Fsp3) is 0.135. The molecule has 55 heavy (non-hydrogen) atoms. The summed E-state index contributed by atoms with van der Waals surface area (Å²) in [6.45, 7) is 4.29. The maximum atomic E-state index is 13.3. The molecular weight excluding hydrogens is 788 g/mol. The number of sulfonamides is 1. The van der Waals surface area contributed by atoms with Crippen LogP contribution in [0.1, 0.15) is 40.1 Å². The molecule has 0 heterocycles. The Bertz CT molecular complexity index is 2430. The lowest BCUT2D eigenvalue weighted by Gasteiger charge is -2.17. The van der Waals surface area contributed by atoms with Crippen LogP contribution >= 0.6 is 23.2 Å². The first-order valence-corrected chi connectivity index (χ1v) is 18.0. The molecule has 0 spiro atoms. The highest BCUT2D eigenvalue weighted by molar-refractivity contribution is 7.92. The number of hydrogen-bond acceptors (Lipinski definition) is 7. The molecule has 12 nitrogen and oxygen atoms in total. The summed E-state index contributed by atoms with van der Waals surface area (Å²) in [6, 6.07) is 23.1. The number of nitrogens with two attached hydrogens (primary N) is 1. The molecule has 5 aromatic carbocycles. The van der Waals surface area contributed by atoms with Gasteiger partial charge in [-0.15, -0.1) is 0 Å². The number of halogens is 5. The highest BCUT2D eigenvalue weighted by Crippen LogP contribution is 2.39. The number of alkyl halides is 3. The third-order valence-corrected chi connectivity index (χ3v) is 9.62. The lowest BCUT2D eigenvalue weighted by atomic mass is 9.96. The molecule has 5 aromatic rings. The second-order valence-electron chi connectivity index (χ2n) is 12.1. The van der Waals surface area contributed by atoms with E-state index < -0.39 is 34.0 Å². The number of aliphatic carboxylic acids is 1. The Morgan fingerprint density at radius 2 is 1.47 bits per heavy atom. The molecule has 0 fully saturated rings. The van der Waals surface area contributed by atoms with Crippen LogP contribution in [0.2, 0.25) is 10.0 Å². The molecule has 0 saturated heterocycles. The summed E-state index contributed by atoms with van der Waals surface area (Å²) in [5, 5.41) is 29.7. The van der Waals surface area contributed by atoms with E-state index in [-0.39, 0.29) is 60.4 Å². The zero-order valence-corrected chi connectivity index (χ0v) is 31.0. The maximum Gasteiger partial charge on any atom is 0.490 e. The minimum atomic E-state index is -5.08. The molecule has 0 atom stereocenters. The van der Waals surface area contributed by atoms with Crippen molar-refractivity contribution in [2.24, 2.45) is 11.7 Å². The number of anilines is 1. The van der Waals surface area contributed by atoms with E-state index in [0.29, 0.717) is 17.9 Å². The van der Waals surface area contributed by atoms with Gasteiger partial charge in [-0.3, -0.25) is 14.9 Å². The predicted molar refractivity (Wildman–Crippen MR) is 202 cm³/mol. The normalized spacial score (nSPS) is 11.3. The monoisotopic (exact) mass is 818 g/mol. The van der Waals surface area contributed by atoms with Gasteiger partial charge in [-0.1, -0.05) is 61.3 Å². The number of nitrogen functional groups attached to an aromatic ring is 1. The average molecular weight is 820 g/mol. The Morgan fingerprint density at radius 3 is 2.07 bits per heavy atom. The van der Waals surface area contributed by atoms with Crippen LogP contribution in [0.15, 0.2) is 95.9 Å². The number of ether oxygens (including phenoxy) is 1. The van der Waals surface area contributed by atoms with Crippen LogP contribution in [-0.4, -0.2) is 55.0 Å². The van der Waals surface area contributed by atoms with E-state index in [0.717, 1.165) is 10.8 Å². The van der Waals surface area contributed by atoms with Gasteiger partial charge < -0.3 is 26.0 Å². The highest BCUT2D eigenvalue weighted by atomic mass is 35.5. The molecule has 7 N–H and O–H groups in total. The Kier molecular flexibility index (Phi) is 13.0. The SMILES string of the molecule is CC(C)CNC(=O)c1ccc(-c2cc(NS(=O)(=O)c3ccc(Cl)c(Cl)c3)ccc2Oc2ccc3cc(C(=N)N)ccc3c2)c(C(=O)O)c1.O=C(O)C(F)(F)F. The van der Waals surface area contributed by atoms with Crippen LogP contribution in [0.4, 0.5) is 18.9 Å². The van der Waals surface area contributed by atoms with Gasteiger partial charge in [0.15, 0.2) is 0 Å². The van der Waals surface area contributed by atoms with Crippen molar-refractivity contribution in [2.75, 3.05) is 11.3 Å². The second-order valence-corrected chi connectivity index (χ2v) is 14.6. The van der Waals surface area contributed by atoms with Gasteiger partial charge in [-0.2, -0.15) is 13.2 Å². The predicted octanol–water partition coefficient (Wildman–Crippen LogP) is 8.41. The molecule has 0 bridgehead atoms. The summed E-state index contributed by atoms with van der Waals surface area (Å²) < 4.78 is 67.1. The number of carbonyl (C=O) groups excluding carboxylic acids is 1. The first kappa shape index (κ1) is 41.9. The van der Waals surface area contributed by atoms with E-state index in [2.05, 4.69) is 10.0 Å². The van der Waals surface area contributed by atoms with Gasteiger partial charge in [0.2, 0.25) is 0 Å². The van der Waals surface area contributed by atoms with E-state index in [4.69, 9.17) is 49.0 Å². The molecular formula is C37H31Cl2F3N4O8S. The average Bonchev–Trinajstić information content (AvgIpc) is 3.11. The van der Waals surface area contributed by atoms with Gasteiger partial charge >= 0.3 is 18.1 Å². The molecule has 1 amide bonds. The van der Waals surface area contributed by atoms with Crippen molar-refractivity contribution in [2.45, 2.75) is 24.9 Å². The number of aromatic carboxylic acids is 1. The van der Waals surface area contributed by atoms with E-state index in [9.17, 15) is 36.3 Å². The fourth-order valence-electron chi connectivity index (χ4n) is 4.83. The lowest BCUT2D eigenvalue weighted by molar-refractivity contribution is -0.192. The van der Waals surface area contributed by atoms with Crippen molar-refractivity contribution in [3.8, 4) is 22.6 Å². The highest BCUT2D eigenvalue weighted by Gasteiger charge is 2.38. The third-order valence-electron chi connectivity index (χ3n) is 7.50. The number of carbonyl (C=O) groups is 3. The maximum absolute atomic E-state index is 13.3. The van der Waals surface area contributed by atoms with Crippen LogP contribution in [0, 0.1) is 11.3 Å². The molecule has 0 saturated carbocycles. The van der Waals surface area contributed by atoms with Crippen molar-refractivity contribution in [3.63, 3.8) is 0 Å². The van der Waals surface area contributed by atoms with E-state index in [1.807, 2.05) is 13.8 Å². The number of carboxylic acids is 2. The van der Waals surface area contributed by atoms with Crippen molar-refractivity contribution in [1.82, 2.24) is 5.32 Å². The van der Waals surface area contributed by atoms with Crippen molar-refractivity contribution >= 4 is 73.4 Å². The van der Waals surface area contributed by atoms with Crippen molar-refractivity contribution < 1.29 is 50.9 Å². The molecule has 0 radical (unpaired) electrons. The summed E-state index contributed by atoms with van der Waals surface area (Å²) in [7, 11) is -4.14. The molecule has 5 rings (SSSR count). The second kappa shape index (κ2) is 17.1. The molecule has 0 aliphatic rings. The van der Waals surface area contributed by atoms with E-state index >= 15 is 0 Å². The lowest BCUT2D eigenvalue weighted by Crippen LogP contribution is -2.27. The zero-order chi connectivity index (χ0) is 40.8. The summed E-state index contributed by atoms with van der Waals surface area (Å²) in [5.41, 5.74) is 6.68. The number of amidine groups is 1. The van der Waals surface area contributed by atoms with Gasteiger partial charge in [0.1, 0.15) is 17.3 Å². The number of amides is 1. The molecule has 0 aliphatic heterocycles. The summed E-state index contributed by atoms with van der Waals surface area (Å²) in [6.07, 6.45) is -5.08. The number of nitrogens with one attached hydrogen (secondary N) is 3. The van der Waals surface area contributed by atoms with Gasteiger partial charge in [0, 0.05) is 34.5 Å². The minimum Gasteiger partial charge on any atom is -0.478 e. The van der Waals surface area contributed by atoms with Gasteiger partial charge in [-0.25, -0.2) is 18.0 Å². The molecule has 288 valence electrons. The third kappa shape index (κ3) is 10.9. The van der Waals surface area contributed by atoms with Gasteiger partial charge in [-0.05, 0) is 83.4 Å². The van der Waals surface area contributed by atoms with Crippen molar-refractivity contribution in [1.29, 1.82) is 5.41 Å². The quantitative estimate of drug-likeness (QED) is 0.0558. The number of fused-ring (bicyclic) bond motifs is 1. The molecule has 0 aromatic heterocycles. The summed E-state index contributed by atoms with van der Waals surface area (Å²) in [4.78, 5) is 34.1. The minimum absolute atomic E-state index is 0.0560. The summed E-state index contributed by atoms with van der Waals surface area (Å²) in [5.74, 6) is -3.74. The Hall–Kier alpha value is -5.84. The standard InChI is InChI=1S/C35H30Cl2N4O6S.C2HF3O2/c1-19(2)18-40-34(42)23-6-10-27(29(15-23)35(43)44)28-16-24(41-48(45,46)26-9-11-30(36)31(37)17-26)7-12-32(28)47-25-8-5-20-13-22(33(38)39)4-3-21(20)14-25;3-2(4,5)1(6)7/h3-17,19,41H,18H2,1-2H3,(H3,38,39)(H,40,42)(H,43,44);(H,6,7). The molecule has 18 heteroatoms. The first-order valence-electron chi connectivity index (χ1n) is 15.8. The number of rotatable bonds is 11. The summed E-state index contributed by atoms with van der Waals surface area (Å²) >= 11 is 12.0. The van der Waals surface area contributed by atoms with E-state index in [1.54, 1.807) is 36.4 Å². The molecule has 0 unspecified atom stereocenters. The smallest absolute Gasteiger partial charge is 0.478 e. The van der Waals surface area contributed by atoms with Crippen LogP contribution in [0.25, 0.3) is 21.9 Å². The van der Waals surface area contributed by atoms with E-state index in [1.165, 1.54) is 54.6 Å². The first-order chi connectivity index (χ1) is 25.7. The van der Waals surface area contributed by atoms with Crippen LogP contribution < -0.4 is 20.5 Å². The largest absolute Gasteiger partial charge is 0.490 e. The number of benzene rings is 5. The Balaban J connectivity index is 0.000000876. The topological polar surface area (TPSA) is 209 Å². The van der Waals surface area contributed by atoms with Crippen LogP contribution in [0.3, 0.4) is 0 Å². The zero-order valence-electron chi connectivity index (χ0n) is 28.7. The van der Waals surface area contributed by atoms with Crippen LogP contribution in [-0.2, 0) is 14.8 Å². The Morgan fingerprint density at radius 1 is 0.836 bits per heavy atom. The number of hydrogen-bond donors (Lipinski definition) is 6. The Labute approximate surface area is 322 Å². The van der Waals surface area contributed by atoms with Gasteiger partial charge in [0.05, 0.1) is 20.5 Å². The number of carboxylic acid groups (broad SMARTS) is 2. The fourth-order valence-corrected chi connectivity index (χ4v) is 6.27. The van der Waals surface area contributed by atoms with Gasteiger partial charge in [0.25, 0.3) is 15.9 Å². The van der Waals surface area contributed by atoms with Crippen molar-refractivity contribution in [3.05, 3.63) is 118 Å². The van der Waals surface area contributed by atoms with Crippen LogP contribution in [0.5, 0.6) is 11.5 Å². The molecule has 0 aliphatic carbocycles.